The van der Waals surface area contributed by atoms with E-state index in [4.69, 9.17) is 0 Å². The highest BCUT2D eigenvalue weighted by molar-refractivity contribution is 5.29. The van der Waals surface area contributed by atoms with Gasteiger partial charge in [-0.2, -0.15) is 0 Å². The first-order chi connectivity index (χ1) is 8.06. The van der Waals surface area contributed by atoms with Crippen molar-refractivity contribution in [2.75, 3.05) is 5.43 Å². The minimum absolute atomic E-state index is 0.0530. The zero-order valence-corrected chi connectivity index (χ0v) is 9.87. The lowest BCUT2D eigenvalue weighted by Gasteiger charge is -2.12. The highest BCUT2D eigenvalue weighted by Gasteiger charge is 2.02. The van der Waals surface area contributed by atoms with Crippen LogP contribution in [0.4, 0.5) is 4.39 Å². The van der Waals surface area contributed by atoms with Gasteiger partial charge in [-0.25, -0.2) is 4.39 Å². The predicted molar refractivity (Wildman–Crippen MR) is 65.0 cm³/mol. The van der Waals surface area contributed by atoms with E-state index in [2.05, 4.69) is 5.43 Å². The number of nitrogens with one attached hydrogen (secondary N) is 1. The second-order valence-electron chi connectivity index (χ2n) is 4.10. The molecule has 0 radical (unpaired) electrons. The lowest BCUT2D eigenvalue weighted by Crippen LogP contribution is -2.16. The monoisotopic (exact) mass is 234 g/mol. The molecule has 0 aliphatic heterocycles. The Kier molecular flexibility index (Phi) is 3.04. The van der Waals surface area contributed by atoms with Gasteiger partial charge in [-0.3, -0.25) is 4.68 Å². The average Bonchev–Trinajstić information content (AvgIpc) is 2.55. The number of phenols is 1. The van der Waals surface area contributed by atoms with Crippen LogP contribution in [0.25, 0.3) is 0 Å². The summed E-state index contributed by atoms with van der Waals surface area (Å²) in [7, 11) is 0. The lowest BCUT2D eigenvalue weighted by molar-refractivity contribution is 0.468. The molecule has 1 heterocycles. The third kappa shape index (κ3) is 2.58. The van der Waals surface area contributed by atoms with E-state index in [1.54, 1.807) is 6.07 Å². The Morgan fingerprint density at radius 3 is 2.41 bits per heavy atom. The Hall–Kier alpha value is -1.97. The molecule has 2 N–H and O–H groups in total. The van der Waals surface area contributed by atoms with Gasteiger partial charge in [0.2, 0.25) is 0 Å². The number of hydrogen-bond acceptors (Lipinski definition) is 2. The standard InChI is InChI=1S/C13H15FN2O/c1-9-3-4-10(2)16(9)15-8-11-5-12(14)7-13(17)6-11/h3-7,15,17H,8H2,1-2H3. The van der Waals surface area contributed by atoms with Gasteiger partial charge in [-0.1, -0.05) is 0 Å². The van der Waals surface area contributed by atoms with Crippen molar-refractivity contribution in [2.45, 2.75) is 20.4 Å². The van der Waals surface area contributed by atoms with E-state index in [0.29, 0.717) is 12.1 Å². The molecule has 0 aliphatic carbocycles. The number of benzene rings is 1. The second kappa shape index (κ2) is 4.49. The lowest BCUT2D eigenvalue weighted by atomic mass is 10.2. The molecular formula is C13H15FN2O. The quantitative estimate of drug-likeness (QED) is 0.856. The number of phenolic OH excluding ortho intramolecular Hbond substituents is 1. The smallest absolute Gasteiger partial charge is 0.127 e. The summed E-state index contributed by atoms with van der Waals surface area (Å²) in [6.07, 6.45) is 0. The molecule has 0 fully saturated rings. The zero-order valence-electron chi connectivity index (χ0n) is 9.87. The molecule has 0 saturated heterocycles. The number of aryl methyl sites for hydroxylation is 2. The number of aromatic hydroxyl groups is 1. The van der Waals surface area contributed by atoms with Crippen LogP contribution in [0.15, 0.2) is 30.3 Å². The van der Waals surface area contributed by atoms with Crippen LogP contribution in [-0.4, -0.2) is 9.78 Å². The second-order valence-corrected chi connectivity index (χ2v) is 4.10. The van der Waals surface area contributed by atoms with E-state index in [-0.39, 0.29) is 5.75 Å². The van der Waals surface area contributed by atoms with Crippen molar-refractivity contribution in [3.63, 3.8) is 0 Å². The molecule has 4 heteroatoms. The van der Waals surface area contributed by atoms with E-state index in [1.165, 1.54) is 6.07 Å². The molecule has 1 aromatic carbocycles. The number of rotatable bonds is 3. The molecule has 90 valence electrons. The first kappa shape index (κ1) is 11.5. The van der Waals surface area contributed by atoms with Gasteiger partial charge in [0.05, 0.1) is 6.54 Å². The summed E-state index contributed by atoms with van der Waals surface area (Å²) >= 11 is 0. The van der Waals surface area contributed by atoms with Crippen molar-refractivity contribution in [1.82, 2.24) is 4.68 Å². The highest BCUT2D eigenvalue weighted by atomic mass is 19.1. The maximum Gasteiger partial charge on any atom is 0.127 e. The molecule has 0 spiro atoms. The Balaban J connectivity index is 2.12. The van der Waals surface area contributed by atoms with Gasteiger partial charge in [0.15, 0.2) is 0 Å². The highest BCUT2D eigenvalue weighted by Crippen LogP contribution is 2.15. The Morgan fingerprint density at radius 2 is 1.82 bits per heavy atom. The fourth-order valence-electron chi connectivity index (χ4n) is 1.82. The number of hydrogen-bond donors (Lipinski definition) is 2. The first-order valence-corrected chi connectivity index (χ1v) is 5.43. The van der Waals surface area contributed by atoms with Crippen LogP contribution < -0.4 is 5.43 Å². The largest absolute Gasteiger partial charge is 0.508 e. The Morgan fingerprint density at radius 1 is 1.18 bits per heavy atom. The van der Waals surface area contributed by atoms with Crippen LogP contribution in [0.2, 0.25) is 0 Å². The third-order valence-electron chi connectivity index (χ3n) is 2.65. The molecule has 2 aromatic rings. The van der Waals surface area contributed by atoms with Crippen LogP contribution in [0, 0.1) is 19.7 Å². The number of halogens is 1. The van der Waals surface area contributed by atoms with Crippen LogP contribution >= 0.6 is 0 Å². The van der Waals surface area contributed by atoms with Crippen molar-refractivity contribution in [3.8, 4) is 5.75 Å². The van der Waals surface area contributed by atoms with Gasteiger partial charge >= 0.3 is 0 Å². The normalized spacial score (nSPS) is 10.5. The molecule has 0 atom stereocenters. The van der Waals surface area contributed by atoms with Crippen molar-refractivity contribution >= 4 is 0 Å². The number of aromatic nitrogens is 1. The minimum Gasteiger partial charge on any atom is -0.508 e. The van der Waals surface area contributed by atoms with Gasteiger partial charge < -0.3 is 10.5 Å². The minimum atomic E-state index is -0.428. The van der Waals surface area contributed by atoms with Crippen molar-refractivity contribution in [2.24, 2.45) is 0 Å². The molecule has 0 unspecified atom stereocenters. The van der Waals surface area contributed by atoms with Crippen LogP contribution in [0.5, 0.6) is 5.75 Å². The Labute approximate surface area is 99.5 Å². The topological polar surface area (TPSA) is 37.2 Å². The van der Waals surface area contributed by atoms with Crippen molar-refractivity contribution in [1.29, 1.82) is 0 Å². The summed E-state index contributed by atoms with van der Waals surface area (Å²) in [5, 5.41) is 9.29. The third-order valence-corrected chi connectivity index (χ3v) is 2.65. The van der Waals surface area contributed by atoms with Gasteiger partial charge in [-0.15, -0.1) is 0 Å². The molecule has 2 rings (SSSR count). The van der Waals surface area contributed by atoms with Crippen LogP contribution in [0.3, 0.4) is 0 Å². The maximum atomic E-state index is 13.1. The molecule has 17 heavy (non-hydrogen) atoms. The molecule has 1 aromatic heterocycles. The fraction of sp³-hybridized carbons (Fsp3) is 0.231. The fourth-order valence-corrected chi connectivity index (χ4v) is 1.82. The van der Waals surface area contributed by atoms with Crippen LogP contribution in [-0.2, 0) is 6.54 Å². The van der Waals surface area contributed by atoms with Gasteiger partial charge in [0.1, 0.15) is 11.6 Å². The summed E-state index contributed by atoms with van der Waals surface area (Å²) in [5.41, 5.74) is 6.05. The van der Waals surface area contributed by atoms with Gasteiger partial charge in [0, 0.05) is 17.5 Å². The van der Waals surface area contributed by atoms with E-state index < -0.39 is 5.82 Å². The molecule has 0 aliphatic rings. The SMILES string of the molecule is Cc1ccc(C)n1NCc1cc(O)cc(F)c1. The van der Waals surface area contributed by atoms with E-state index in [0.717, 1.165) is 17.5 Å². The van der Waals surface area contributed by atoms with E-state index in [1.807, 2.05) is 30.7 Å². The molecule has 0 amide bonds. The predicted octanol–water partition coefficient (Wildman–Crippen LogP) is 2.69. The summed E-state index contributed by atoms with van der Waals surface area (Å²) in [6, 6.07) is 8.05. The summed E-state index contributed by atoms with van der Waals surface area (Å²) in [6.45, 7) is 4.44. The molecular weight excluding hydrogens is 219 g/mol. The maximum absolute atomic E-state index is 13.1. The van der Waals surface area contributed by atoms with Crippen molar-refractivity contribution < 1.29 is 9.50 Å². The van der Waals surface area contributed by atoms with Crippen molar-refractivity contribution in [3.05, 3.63) is 53.1 Å². The molecule has 0 saturated carbocycles. The average molecular weight is 234 g/mol. The Bertz CT molecular complexity index is 494. The van der Waals surface area contributed by atoms with E-state index >= 15 is 0 Å². The van der Waals surface area contributed by atoms with Gasteiger partial charge in [0.25, 0.3) is 0 Å². The van der Waals surface area contributed by atoms with Gasteiger partial charge in [-0.05, 0) is 43.7 Å². The molecule has 0 bridgehead atoms. The first-order valence-electron chi connectivity index (χ1n) is 5.43. The van der Waals surface area contributed by atoms with E-state index in [9.17, 15) is 9.50 Å². The summed E-state index contributed by atoms with van der Waals surface area (Å²) < 4.78 is 15.0. The summed E-state index contributed by atoms with van der Waals surface area (Å²) in [5.74, 6) is -0.481. The summed E-state index contributed by atoms with van der Waals surface area (Å²) in [4.78, 5) is 0. The van der Waals surface area contributed by atoms with Crippen LogP contribution in [0.1, 0.15) is 17.0 Å². The number of nitrogens with zero attached hydrogens (tertiary/aromatic N) is 1. The zero-order chi connectivity index (χ0) is 12.4. The molecule has 3 nitrogen and oxygen atoms in total.